The molecule has 0 radical (unpaired) electrons. The van der Waals surface area contributed by atoms with Gasteiger partial charge >= 0.3 is 0 Å². The van der Waals surface area contributed by atoms with E-state index in [1.165, 1.54) is 23.3 Å². The molecule has 1 unspecified atom stereocenters. The number of amides is 1. The third kappa shape index (κ3) is 4.19. The fourth-order valence-corrected chi connectivity index (χ4v) is 3.81. The maximum absolute atomic E-state index is 12.8. The highest BCUT2D eigenvalue weighted by Crippen LogP contribution is 2.26. The first kappa shape index (κ1) is 19.1. The molecule has 1 fully saturated rings. The quantitative estimate of drug-likeness (QED) is 0.786. The van der Waals surface area contributed by atoms with Crippen molar-refractivity contribution in [1.82, 2.24) is 4.57 Å². The summed E-state index contributed by atoms with van der Waals surface area (Å²) >= 11 is 7.57. The van der Waals surface area contributed by atoms with E-state index in [4.69, 9.17) is 21.1 Å². The first-order chi connectivity index (χ1) is 12.3. The summed E-state index contributed by atoms with van der Waals surface area (Å²) in [4.78, 5) is 19.0. The monoisotopic (exact) mass is 394 g/mol. The molecule has 1 aliphatic heterocycles. The summed E-state index contributed by atoms with van der Waals surface area (Å²) in [6, 6.07) is 4.95. The van der Waals surface area contributed by atoms with Crippen molar-refractivity contribution >= 4 is 28.8 Å². The molecule has 0 spiro atoms. The summed E-state index contributed by atoms with van der Waals surface area (Å²) in [5, 5.41) is 0.474. The minimum Gasteiger partial charge on any atom is -0.496 e. The second-order valence-electron chi connectivity index (χ2n) is 7.32. The predicted octanol–water partition coefficient (Wildman–Crippen LogP) is 4.04. The lowest BCUT2D eigenvalue weighted by molar-refractivity contribution is -0.0596. The van der Waals surface area contributed by atoms with Crippen LogP contribution in [0.2, 0.25) is 5.02 Å². The summed E-state index contributed by atoms with van der Waals surface area (Å²) < 4.78 is 12.8. The third-order valence-corrected chi connectivity index (χ3v) is 5.92. The second-order valence-corrected chi connectivity index (χ2v) is 8.77. The maximum atomic E-state index is 12.8. The lowest BCUT2D eigenvalue weighted by atomic mass is 9.95. The molecule has 1 amide bonds. The van der Waals surface area contributed by atoms with Crippen LogP contribution in [0.3, 0.4) is 0 Å². The Balaban J connectivity index is 2.02. The Morgan fingerprint density at radius 1 is 1.46 bits per heavy atom. The maximum Gasteiger partial charge on any atom is 0.283 e. The normalized spacial score (nSPS) is 17.9. The van der Waals surface area contributed by atoms with E-state index in [-0.39, 0.29) is 17.4 Å². The Labute approximate surface area is 162 Å². The molecule has 1 aromatic carbocycles. The van der Waals surface area contributed by atoms with Crippen LogP contribution < -0.4 is 9.54 Å². The van der Waals surface area contributed by atoms with Crippen molar-refractivity contribution in [3.05, 3.63) is 44.7 Å². The molecule has 0 aliphatic carbocycles. The van der Waals surface area contributed by atoms with Crippen molar-refractivity contribution in [2.75, 3.05) is 13.7 Å². The molecule has 3 rings (SSSR count). The molecule has 1 saturated heterocycles. The van der Waals surface area contributed by atoms with E-state index in [2.05, 4.69) is 32.0 Å². The van der Waals surface area contributed by atoms with E-state index >= 15 is 0 Å². The van der Waals surface area contributed by atoms with E-state index < -0.39 is 0 Å². The van der Waals surface area contributed by atoms with Crippen molar-refractivity contribution in [2.45, 2.75) is 45.3 Å². The van der Waals surface area contributed by atoms with Crippen LogP contribution in [0.1, 0.15) is 42.4 Å². The number of methoxy groups -OCH3 is 1. The lowest BCUT2D eigenvalue weighted by Gasteiger charge is -2.26. The van der Waals surface area contributed by atoms with Crippen LogP contribution in [0.5, 0.6) is 5.75 Å². The SMILES string of the molecule is COc1ccc(Cl)cc1C(=O)N=c1sc(C(C)(C)C)cn1CC1CCO1. The van der Waals surface area contributed by atoms with Crippen LogP contribution in [0.25, 0.3) is 0 Å². The largest absolute Gasteiger partial charge is 0.496 e. The number of benzene rings is 1. The Bertz CT molecular complexity index is 876. The first-order valence-corrected chi connectivity index (χ1v) is 9.72. The molecule has 0 saturated carbocycles. The molecule has 140 valence electrons. The number of halogens is 1. The molecular formula is C19H23ClN2O3S. The number of carbonyl (C=O) groups excluding carboxylic acids is 1. The summed E-state index contributed by atoms with van der Waals surface area (Å²) in [7, 11) is 1.52. The van der Waals surface area contributed by atoms with Gasteiger partial charge in [-0.25, -0.2) is 0 Å². The van der Waals surface area contributed by atoms with Gasteiger partial charge in [-0.1, -0.05) is 32.4 Å². The van der Waals surface area contributed by atoms with Crippen LogP contribution in [0.15, 0.2) is 29.4 Å². The highest BCUT2D eigenvalue weighted by Gasteiger charge is 2.23. The molecular weight excluding hydrogens is 372 g/mol. The van der Waals surface area contributed by atoms with Gasteiger partial charge in [0.2, 0.25) is 0 Å². The van der Waals surface area contributed by atoms with Gasteiger partial charge in [-0.15, -0.1) is 11.3 Å². The number of rotatable bonds is 4. The summed E-state index contributed by atoms with van der Waals surface area (Å²) in [5.41, 5.74) is 0.342. The molecule has 5 nitrogen and oxygen atoms in total. The molecule has 7 heteroatoms. The number of aromatic nitrogens is 1. The highest BCUT2D eigenvalue weighted by molar-refractivity contribution is 7.09. The Morgan fingerprint density at radius 2 is 2.19 bits per heavy atom. The van der Waals surface area contributed by atoms with Crippen molar-refractivity contribution in [3.8, 4) is 5.75 Å². The van der Waals surface area contributed by atoms with Gasteiger partial charge in [0.15, 0.2) is 4.80 Å². The number of thiazole rings is 1. The van der Waals surface area contributed by atoms with Gasteiger partial charge in [0.05, 0.1) is 25.3 Å². The molecule has 1 atom stereocenters. The Hall–Kier alpha value is -1.63. The van der Waals surface area contributed by atoms with Crippen molar-refractivity contribution in [2.24, 2.45) is 4.99 Å². The zero-order valence-electron chi connectivity index (χ0n) is 15.4. The van der Waals surface area contributed by atoms with Gasteiger partial charge in [-0.2, -0.15) is 4.99 Å². The Morgan fingerprint density at radius 3 is 2.77 bits per heavy atom. The smallest absolute Gasteiger partial charge is 0.283 e. The van der Waals surface area contributed by atoms with Gasteiger partial charge in [0.1, 0.15) is 5.75 Å². The summed E-state index contributed by atoms with van der Waals surface area (Å²) in [6.07, 6.45) is 3.30. The average Bonchev–Trinajstić information content (AvgIpc) is 2.94. The van der Waals surface area contributed by atoms with Gasteiger partial charge in [0.25, 0.3) is 5.91 Å². The van der Waals surface area contributed by atoms with Crippen LogP contribution in [-0.2, 0) is 16.7 Å². The minimum atomic E-state index is -0.366. The molecule has 1 aromatic heterocycles. The fraction of sp³-hybridized carbons (Fsp3) is 0.474. The minimum absolute atomic E-state index is 0.0164. The number of nitrogens with zero attached hydrogens (tertiary/aromatic N) is 2. The van der Waals surface area contributed by atoms with Crippen LogP contribution in [0.4, 0.5) is 0 Å². The molecule has 0 N–H and O–H groups in total. The molecule has 26 heavy (non-hydrogen) atoms. The van der Waals surface area contributed by atoms with Crippen molar-refractivity contribution in [3.63, 3.8) is 0 Å². The topological polar surface area (TPSA) is 52.8 Å². The van der Waals surface area contributed by atoms with Gasteiger partial charge in [-0.05, 0) is 30.0 Å². The van der Waals surface area contributed by atoms with E-state index in [1.807, 2.05) is 4.57 Å². The van der Waals surface area contributed by atoms with E-state index in [0.29, 0.717) is 27.7 Å². The second kappa shape index (κ2) is 7.55. The van der Waals surface area contributed by atoms with E-state index in [1.54, 1.807) is 18.2 Å². The molecule has 2 aromatic rings. The number of hydrogen-bond donors (Lipinski definition) is 0. The molecule has 1 aliphatic rings. The molecule has 2 heterocycles. The van der Waals surface area contributed by atoms with Crippen LogP contribution in [0, 0.1) is 0 Å². The predicted molar refractivity (Wildman–Crippen MR) is 103 cm³/mol. The van der Waals surface area contributed by atoms with Crippen LogP contribution in [-0.4, -0.2) is 30.3 Å². The van der Waals surface area contributed by atoms with Gasteiger partial charge in [-0.3, -0.25) is 4.79 Å². The number of hydrogen-bond acceptors (Lipinski definition) is 4. The standard InChI is InChI=1S/C19H23ClN2O3S/c1-19(2,3)16-11-22(10-13-7-8-25-13)18(26-16)21-17(23)14-9-12(20)5-6-15(14)24-4/h5-6,9,11,13H,7-8,10H2,1-4H3. The summed E-state index contributed by atoms with van der Waals surface area (Å²) in [6.45, 7) is 7.94. The summed E-state index contributed by atoms with van der Waals surface area (Å²) in [5.74, 6) is 0.0968. The first-order valence-electron chi connectivity index (χ1n) is 8.53. The number of ether oxygens (including phenoxy) is 2. The zero-order valence-corrected chi connectivity index (χ0v) is 17.0. The van der Waals surface area contributed by atoms with E-state index in [9.17, 15) is 4.79 Å². The average molecular weight is 395 g/mol. The molecule has 0 bridgehead atoms. The number of carbonyl (C=O) groups is 1. The van der Waals surface area contributed by atoms with Gasteiger partial charge < -0.3 is 14.0 Å². The van der Waals surface area contributed by atoms with Crippen LogP contribution >= 0.6 is 22.9 Å². The zero-order chi connectivity index (χ0) is 18.9. The van der Waals surface area contributed by atoms with Crippen molar-refractivity contribution < 1.29 is 14.3 Å². The van der Waals surface area contributed by atoms with Crippen molar-refractivity contribution in [1.29, 1.82) is 0 Å². The van der Waals surface area contributed by atoms with E-state index in [0.717, 1.165) is 13.0 Å². The highest BCUT2D eigenvalue weighted by atomic mass is 35.5. The fourth-order valence-electron chi connectivity index (χ4n) is 2.59. The lowest BCUT2D eigenvalue weighted by Crippen LogP contribution is -2.34. The van der Waals surface area contributed by atoms with Gasteiger partial charge in [0, 0.05) is 22.7 Å². The third-order valence-electron chi connectivity index (χ3n) is 4.24. The Kier molecular flexibility index (Phi) is 5.55.